The van der Waals surface area contributed by atoms with Gasteiger partial charge in [-0.3, -0.25) is 9.48 Å². The summed E-state index contributed by atoms with van der Waals surface area (Å²) in [5.74, 6) is -1.54. The van der Waals surface area contributed by atoms with E-state index in [0.717, 1.165) is 0 Å². The number of aromatic nitrogens is 2. The molecule has 2 N–H and O–H groups in total. The molecule has 0 aromatic carbocycles. The van der Waals surface area contributed by atoms with Crippen LogP contribution in [-0.4, -0.2) is 26.8 Å². The number of nitrogens with zero attached hydrogens (tertiary/aromatic N) is 2. The molecule has 0 radical (unpaired) electrons. The van der Waals surface area contributed by atoms with Gasteiger partial charge in [-0.25, -0.2) is 4.79 Å². The van der Waals surface area contributed by atoms with Crippen molar-refractivity contribution in [3.8, 4) is 0 Å². The van der Waals surface area contributed by atoms with Crippen LogP contribution in [0.1, 0.15) is 21.3 Å². The molecule has 0 saturated carbocycles. The summed E-state index contributed by atoms with van der Waals surface area (Å²) in [4.78, 5) is 23.6. The van der Waals surface area contributed by atoms with E-state index in [0.29, 0.717) is 10.4 Å². The van der Waals surface area contributed by atoms with Crippen LogP contribution in [0.5, 0.6) is 0 Å². The Morgan fingerprint density at radius 3 is 2.83 bits per heavy atom. The molecular weight excluding hydrogens is 254 g/mol. The first-order valence-electron chi connectivity index (χ1n) is 5.13. The van der Waals surface area contributed by atoms with Crippen LogP contribution < -0.4 is 5.32 Å². The molecule has 0 saturated heterocycles. The zero-order valence-corrected chi connectivity index (χ0v) is 10.3. The third-order valence-corrected chi connectivity index (χ3v) is 3.25. The number of rotatable bonds is 4. The molecule has 0 bridgehead atoms. The number of carbonyl (C=O) groups excluding carboxylic acids is 1. The SMILES string of the molecule is Cn1cc(C(=O)NC(C(=O)O)c2cccs2)cn1. The van der Waals surface area contributed by atoms with Crippen molar-refractivity contribution in [2.45, 2.75) is 6.04 Å². The summed E-state index contributed by atoms with van der Waals surface area (Å²) in [6, 6.07) is 2.39. The van der Waals surface area contributed by atoms with Gasteiger partial charge in [0.25, 0.3) is 5.91 Å². The molecule has 1 atom stereocenters. The zero-order chi connectivity index (χ0) is 13.1. The lowest BCUT2D eigenvalue weighted by Crippen LogP contribution is -2.33. The molecular formula is C11H11N3O3S. The molecule has 1 unspecified atom stereocenters. The van der Waals surface area contributed by atoms with Crippen LogP contribution in [0.25, 0.3) is 0 Å². The van der Waals surface area contributed by atoms with E-state index in [1.54, 1.807) is 24.6 Å². The minimum atomic E-state index is -1.09. The first kappa shape index (κ1) is 12.3. The van der Waals surface area contributed by atoms with Crippen LogP contribution in [-0.2, 0) is 11.8 Å². The summed E-state index contributed by atoms with van der Waals surface area (Å²) in [7, 11) is 1.69. The summed E-state index contributed by atoms with van der Waals surface area (Å²) < 4.78 is 1.48. The predicted octanol–water partition coefficient (Wildman–Crippen LogP) is 1.04. The Hall–Kier alpha value is -2.15. The highest BCUT2D eigenvalue weighted by atomic mass is 32.1. The summed E-state index contributed by atoms with van der Waals surface area (Å²) in [6.45, 7) is 0. The molecule has 0 fully saturated rings. The van der Waals surface area contributed by atoms with Crippen molar-refractivity contribution < 1.29 is 14.7 Å². The van der Waals surface area contributed by atoms with Crippen molar-refractivity contribution in [2.75, 3.05) is 0 Å². The van der Waals surface area contributed by atoms with Gasteiger partial charge in [0.15, 0.2) is 6.04 Å². The van der Waals surface area contributed by atoms with E-state index in [-0.39, 0.29) is 0 Å². The molecule has 1 amide bonds. The van der Waals surface area contributed by atoms with E-state index in [4.69, 9.17) is 5.11 Å². The molecule has 0 aliphatic carbocycles. The normalized spacial score (nSPS) is 12.1. The molecule has 0 aliphatic rings. The Morgan fingerprint density at radius 1 is 1.56 bits per heavy atom. The zero-order valence-electron chi connectivity index (χ0n) is 9.53. The lowest BCUT2D eigenvalue weighted by molar-refractivity contribution is -0.139. The van der Waals surface area contributed by atoms with E-state index < -0.39 is 17.9 Å². The van der Waals surface area contributed by atoms with Crippen LogP contribution in [0.2, 0.25) is 0 Å². The smallest absolute Gasteiger partial charge is 0.331 e. The lowest BCUT2D eigenvalue weighted by Gasteiger charge is -2.11. The third kappa shape index (κ3) is 2.57. The Bertz CT molecular complexity index is 562. The van der Waals surface area contributed by atoms with Gasteiger partial charge in [0.05, 0.1) is 11.8 Å². The quantitative estimate of drug-likeness (QED) is 0.865. The number of aliphatic carboxylic acids is 1. The predicted molar refractivity (Wildman–Crippen MR) is 65.4 cm³/mol. The number of hydrogen-bond donors (Lipinski definition) is 2. The monoisotopic (exact) mass is 265 g/mol. The van der Waals surface area contributed by atoms with Gasteiger partial charge < -0.3 is 10.4 Å². The molecule has 2 aromatic heterocycles. The van der Waals surface area contributed by atoms with Crippen LogP contribution >= 0.6 is 11.3 Å². The fourth-order valence-electron chi connectivity index (χ4n) is 1.46. The highest BCUT2D eigenvalue weighted by Gasteiger charge is 2.23. The summed E-state index contributed by atoms with van der Waals surface area (Å²) in [6.07, 6.45) is 2.92. The Labute approximate surface area is 107 Å². The van der Waals surface area contributed by atoms with Crippen molar-refractivity contribution >= 4 is 23.2 Å². The van der Waals surface area contributed by atoms with E-state index in [1.807, 2.05) is 0 Å². The van der Waals surface area contributed by atoms with Crippen molar-refractivity contribution in [1.82, 2.24) is 15.1 Å². The van der Waals surface area contributed by atoms with Crippen LogP contribution in [0.3, 0.4) is 0 Å². The van der Waals surface area contributed by atoms with Crippen molar-refractivity contribution in [2.24, 2.45) is 7.05 Å². The maximum Gasteiger partial charge on any atom is 0.331 e. The van der Waals surface area contributed by atoms with Crippen LogP contribution in [0.15, 0.2) is 29.9 Å². The van der Waals surface area contributed by atoms with Crippen molar-refractivity contribution in [1.29, 1.82) is 0 Å². The van der Waals surface area contributed by atoms with E-state index in [1.165, 1.54) is 28.4 Å². The minimum absolute atomic E-state index is 0.334. The van der Waals surface area contributed by atoms with Crippen molar-refractivity contribution in [3.63, 3.8) is 0 Å². The highest BCUT2D eigenvalue weighted by molar-refractivity contribution is 7.10. The number of nitrogens with one attached hydrogen (secondary N) is 1. The first-order chi connectivity index (χ1) is 8.58. The van der Waals surface area contributed by atoms with Gasteiger partial charge in [-0.05, 0) is 11.4 Å². The topological polar surface area (TPSA) is 84.2 Å². The number of carboxylic acid groups (broad SMARTS) is 1. The summed E-state index contributed by atoms with van der Waals surface area (Å²) >= 11 is 1.29. The molecule has 18 heavy (non-hydrogen) atoms. The van der Waals surface area contributed by atoms with Gasteiger partial charge in [0, 0.05) is 18.1 Å². The largest absolute Gasteiger partial charge is 0.479 e. The second kappa shape index (κ2) is 5.01. The summed E-state index contributed by atoms with van der Waals surface area (Å²) in [5, 5.41) is 17.2. The first-order valence-corrected chi connectivity index (χ1v) is 6.01. The summed E-state index contributed by atoms with van der Waals surface area (Å²) in [5.41, 5.74) is 0.334. The van der Waals surface area contributed by atoms with Crippen molar-refractivity contribution in [3.05, 3.63) is 40.3 Å². The van der Waals surface area contributed by atoms with Gasteiger partial charge >= 0.3 is 5.97 Å². The average molecular weight is 265 g/mol. The Balaban J connectivity index is 2.15. The Kier molecular flexibility index (Phi) is 3.42. The number of thiophene rings is 1. The maximum atomic E-state index is 11.8. The Morgan fingerprint density at radius 2 is 2.33 bits per heavy atom. The van der Waals surface area contributed by atoms with E-state index >= 15 is 0 Å². The van der Waals surface area contributed by atoms with Gasteiger partial charge in [0.1, 0.15) is 0 Å². The molecule has 0 aliphatic heterocycles. The number of hydrogen-bond acceptors (Lipinski definition) is 4. The number of carbonyl (C=O) groups is 2. The molecule has 2 rings (SSSR count). The van der Waals surface area contributed by atoms with Crippen LogP contribution in [0, 0.1) is 0 Å². The number of carboxylic acids is 1. The van der Waals surface area contributed by atoms with E-state index in [2.05, 4.69) is 10.4 Å². The number of aryl methyl sites for hydroxylation is 1. The van der Waals surface area contributed by atoms with Gasteiger partial charge in [-0.15, -0.1) is 11.3 Å². The number of amides is 1. The molecule has 7 heteroatoms. The van der Waals surface area contributed by atoms with E-state index in [9.17, 15) is 9.59 Å². The molecule has 6 nitrogen and oxygen atoms in total. The molecule has 2 aromatic rings. The average Bonchev–Trinajstić information content (AvgIpc) is 2.95. The minimum Gasteiger partial charge on any atom is -0.479 e. The lowest BCUT2D eigenvalue weighted by atomic mass is 10.2. The third-order valence-electron chi connectivity index (χ3n) is 2.32. The fraction of sp³-hybridized carbons (Fsp3) is 0.182. The second-order valence-electron chi connectivity index (χ2n) is 3.66. The van der Waals surface area contributed by atoms with Gasteiger partial charge in [-0.2, -0.15) is 5.10 Å². The van der Waals surface area contributed by atoms with Gasteiger partial charge in [0.2, 0.25) is 0 Å². The van der Waals surface area contributed by atoms with Crippen LogP contribution in [0.4, 0.5) is 0 Å². The molecule has 2 heterocycles. The fourth-order valence-corrected chi connectivity index (χ4v) is 2.23. The standard InChI is InChI=1S/C11H11N3O3S/c1-14-6-7(5-12-14)10(15)13-9(11(16)17)8-3-2-4-18-8/h2-6,9H,1H3,(H,13,15)(H,16,17). The molecule has 0 spiro atoms. The second-order valence-corrected chi connectivity index (χ2v) is 4.64. The molecule has 94 valence electrons. The highest BCUT2D eigenvalue weighted by Crippen LogP contribution is 2.19. The van der Waals surface area contributed by atoms with Gasteiger partial charge in [-0.1, -0.05) is 6.07 Å². The maximum absolute atomic E-state index is 11.8.